The Morgan fingerprint density at radius 2 is 1.94 bits per heavy atom. The van der Waals surface area contributed by atoms with E-state index in [0.29, 0.717) is 5.91 Å². The third-order valence-corrected chi connectivity index (χ3v) is 3.58. The molecule has 94 valence electrons. The summed E-state index contributed by atoms with van der Waals surface area (Å²) < 4.78 is 0. The predicted octanol–water partition coefficient (Wildman–Crippen LogP) is 3.58. The number of nitrogens with zero attached hydrogens (tertiary/aromatic N) is 1. The number of unbranched alkanes of at least 4 members (excludes halogenated alkanes) is 5. The summed E-state index contributed by atoms with van der Waals surface area (Å²) >= 11 is 5.98. The first-order chi connectivity index (χ1) is 7.74. The Labute approximate surface area is 104 Å². The number of carbonyl (C=O) groups excluding carboxylic acids is 1. The smallest absolute Gasteiger partial charge is 0.222 e. The van der Waals surface area contributed by atoms with Gasteiger partial charge in [0.05, 0.1) is 5.38 Å². The highest BCUT2D eigenvalue weighted by molar-refractivity contribution is 6.21. The fourth-order valence-corrected chi connectivity index (χ4v) is 2.42. The molecule has 1 atom stereocenters. The van der Waals surface area contributed by atoms with E-state index in [4.69, 9.17) is 11.6 Å². The van der Waals surface area contributed by atoms with Crippen molar-refractivity contribution in [1.82, 2.24) is 4.90 Å². The molecule has 0 aromatic carbocycles. The van der Waals surface area contributed by atoms with E-state index in [1.165, 1.54) is 32.1 Å². The molecule has 0 radical (unpaired) electrons. The molecule has 0 aromatic heterocycles. The first kappa shape index (κ1) is 13.8. The van der Waals surface area contributed by atoms with Gasteiger partial charge in [-0.2, -0.15) is 0 Å². The van der Waals surface area contributed by atoms with Crippen molar-refractivity contribution in [2.45, 2.75) is 63.7 Å². The average molecular weight is 246 g/mol. The highest BCUT2D eigenvalue weighted by Gasteiger charge is 2.23. The Hall–Kier alpha value is -0.240. The van der Waals surface area contributed by atoms with Crippen LogP contribution in [0.15, 0.2) is 0 Å². The second-order valence-electron chi connectivity index (χ2n) is 4.74. The zero-order valence-electron chi connectivity index (χ0n) is 10.4. The van der Waals surface area contributed by atoms with Crippen molar-refractivity contribution in [3.05, 3.63) is 0 Å². The van der Waals surface area contributed by atoms with E-state index in [9.17, 15) is 4.79 Å². The standard InChI is InChI=1S/C13H24ClNO/c1-2-3-4-5-6-7-8-13(16)15-10-9-12(14)11-15/h12H,2-11H2,1H3. The van der Waals surface area contributed by atoms with Crippen LogP contribution in [0.25, 0.3) is 0 Å². The van der Waals surface area contributed by atoms with E-state index < -0.39 is 0 Å². The van der Waals surface area contributed by atoms with E-state index in [2.05, 4.69) is 6.92 Å². The largest absolute Gasteiger partial charge is 0.341 e. The molecule has 0 aromatic rings. The molecule has 1 aliphatic rings. The minimum absolute atomic E-state index is 0.188. The van der Waals surface area contributed by atoms with Crippen molar-refractivity contribution in [3.8, 4) is 0 Å². The molecule has 3 heteroatoms. The van der Waals surface area contributed by atoms with Gasteiger partial charge in [0, 0.05) is 19.5 Å². The monoisotopic (exact) mass is 245 g/mol. The molecular weight excluding hydrogens is 222 g/mol. The molecule has 0 aliphatic carbocycles. The molecule has 2 nitrogen and oxygen atoms in total. The number of alkyl halides is 1. The van der Waals surface area contributed by atoms with Crippen LogP contribution in [0.3, 0.4) is 0 Å². The zero-order valence-corrected chi connectivity index (χ0v) is 11.1. The summed E-state index contributed by atoms with van der Waals surface area (Å²) in [4.78, 5) is 13.7. The van der Waals surface area contributed by atoms with E-state index in [0.717, 1.165) is 32.4 Å². The van der Waals surface area contributed by atoms with Gasteiger partial charge in [-0.1, -0.05) is 39.0 Å². The van der Waals surface area contributed by atoms with Crippen LogP contribution in [0, 0.1) is 0 Å². The Kier molecular flexibility index (Phi) is 6.86. The fraction of sp³-hybridized carbons (Fsp3) is 0.923. The Morgan fingerprint density at radius 1 is 1.25 bits per heavy atom. The summed E-state index contributed by atoms with van der Waals surface area (Å²) in [6, 6.07) is 0. The Morgan fingerprint density at radius 3 is 2.56 bits per heavy atom. The van der Waals surface area contributed by atoms with Crippen molar-refractivity contribution in [1.29, 1.82) is 0 Å². The first-order valence-corrected chi connectivity index (χ1v) is 7.09. The first-order valence-electron chi connectivity index (χ1n) is 6.66. The van der Waals surface area contributed by atoms with Crippen LogP contribution in [-0.4, -0.2) is 29.3 Å². The Balaban J connectivity index is 1.98. The zero-order chi connectivity index (χ0) is 11.8. The van der Waals surface area contributed by atoms with Crippen LogP contribution in [0.4, 0.5) is 0 Å². The lowest BCUT2D eigenvalue weighted by atomic mass is 10.1. The summed E-state index contributed by atoms with van der Waals surface area (Å²) in [5, 5.41) is 0.188. The van der Waals surface area contributed by atoms with Crippen molar-refractivity contribution in [2.24, 2.45) is 0 Å². The lowest BCUT2D eigenvalue weighted by molar-refractivity contribution is -0.130. The normalized spacial score (nSPS) is 20.4. The molecule has 1 saturated heterocycles. The second-order valence-corrected chi connectivity index (χ2v) is 5.36. The minimum atomic E-state index is 0.188. The number of halogens is 1. The van der Waals surface area contributed by atoms with Gasteiger partial charge < -0.3 is 4.90 Å². The van der Waals surface area contributed by atoms with Crippen molar-refractivity contribution >= 4 is 17.5 Å². The van der Waals surface area contributed by atoms with Crippen LogP contribution < -0.4 is 0 Å². The summed E-state index contributed by atoms with van der Waals surface area (Å²) in [5.74, 6) is 0.304. The minimum Gasteiger partial charge on any atom is -0.341 e. The maximum Gasteiger partial charge on any atom is 0.222 e. The topological polar surface area (TPSA) is 20.3 Å². The number of hydrogen-bond donors (Lipinski definition) is 0. The molecule has 0 saturated carbocycles. The highest BCUT2D eigenvalue weighted by Crippen LogP contribution is 2.16. The van der Waals surface area contributed by atoms with Gasteiger partial charge in [-0.15, -0.1) is 11.6 Å². The van der Waals surface area contributed by atoms with E-state index in [1.54, 1.807) is 0 Å². The molecular formula is C13H24ClNO. The summed E-state index contributed by atoms with van der Waals surface area (Å²) in [6.07, 6.45) is 9.13. The fourth-order valence-electron chi connectivity index (χ4n) is 2.16. The number of likely N-dealkylation sites (tertiary alicyclic amines) is 1. The molecule has 0 bridgehead atoms. The predicted molar refractivity (Wildman–Crippen MR) is 68.8 cm³/mol. The molecule has 16 heavy (non-hydrogen) atoms. The summed E-state index contributed by atoms with van der Waals surface area (Å²) in [5.41, 5.74) is 0. The number of carbonyl (C=O) groups is 1. The van der Waals surface area contributed by atoms with E-state index >= 15 is 0 Å². The van der Waals surface area contributed by atoms with Crippen LogP contribution in [0.1, 0.15) is 58.3 Å². The summed E-state index contributed by atoms with van der Waals surface area (Å²) in [7, 11) is 0. The maximum absolute atomic E-state index is 11.7. The second kappa shape index (κ2) is 7.94. The third-order valence-electron chi connectivity index (χ3n) is 3.23. The number of rotatable bonds is 7. The average Bonchev–Trinajstić information content (AvgIpc) is 2.70. The van der Waals surface area contributed by atoms with Crippen LogP contribution in [0.2, 0.25) is 0 Å². The quantitative estimate of drug-likeness (QED) is 0.496. The van der Waals surface area contributed by atoms with Crippen molar-refractivity contribution < 1.29 is 4.79 Å². The van der Waals surface area contributed by atoms with E-state index in [1.807, 2.05) is 4.90 Å². The van der Waals surface area contributed by atoms with E-state index in [-0.39, 0.29) is 5.38 Å². The van der Waals surface area contributed by atoms with Gasteiger partial charge in [0.25, 0.3) is 0 Å². The van der Waals surface area contributed by atoms with Crippen LogP contribution in [-0.2, 0) is 4.79 Å². The summed E-state index contributed by atoms with van der Waals surface area (Å²) in [6.45, 7) is 3.85. The van der Waals surface area contributed by atoms with Crippen molar-refractivity contribution in [3.63, 3.8) is 0 Å². The number of amides is 1. The molecule has 0 spiro atoms. The van der Waals surface area contributed by atoms with Crippen LogP contribution >= 0.6 is 11.6 Å². The van der Waals surface area contributed by atoms with Gasteiger partial charge in [0.2, 0.25) is 5.91 Å². The van der Waals surface area contributed by atoms with Gasteiger partial charge in [0.1, 0.15) is 0 Å². The van der Waals surface area contributed by atoms with Gasteiger partial charge in [-0.3, -0.25) is 4.79 Å². The third kappa shape index (κ3) is 5.20. The van der Waals surface area contributed by atoms with Gasteiger partial charge in [-0.25, -0.2) is 0 Å². The lowest BCUT2D eigenvalue weighted by Gasteiger charge is -2.15. The molecule has 1 fully saturated rings. The van der Waals surface area contributed by atoms with Crippen molar-refractivity contribution in [2.75, 3.05) is 13.1 Å². The lowest BCUT2D eigenvalue weighted by Crippen LogP contribution is -2.28. The highest BCUT2D eigenvalue weighted by atomic mass is 35.5. The Bertz CT molecular complexity index is 208. The molecule has 1 aliphatic heterocycles. The molecule has 1 unspecified atom stereocenters. The SMILES string of the molecule is CCCCCCCCC(=O)N1CCC(Cl)C1. The molecule has 1 amide bonds. The molecule has 1 rings (SSSR count). The van der Waals surface area contributed by atoms with Gasteiger partial charge in [0.15, 0.2) is 0 Å². The van der Waals surface area contributed by atoms with Gasteiger partial charge in [-0.05, 0) is 12.8 Å². The molecule has 1 heterocycles. The molecule has 0 N–H and O–H groups in total. The van der Waals surface area contributed by atoms with Crippen LogP contribution in [0.5, 0.6) is 0 Å². The van der Waals surface area contributed by atoms with Gasteiger partial charge >= 0.3 is 0 Å². The number of hydrogen-bond acceptors (Lipinski definition) is 1. The maximum atomic E-state index is 11.7.